The van der Waals surface area contributed by atoms with Crippen LogP contribution in [0, 0.1) is 0 Å². The Morgan fingerprint density at radius 3 is 2.45 bits per heavy atom. The Morgan fingerprint density at radius 2 is 1.80 bits per heavy atom. The minimum absolute atomic E-state index is 0.0318. The van der Waals surface area contributed by atoms with Crippen molar-refractivity contribution in [1.29, 1.82) is 0 Å². The van der Waals surface area contributed by atoms with E-state index < -0.39 is 5.60 Å². The summed E-state index contributed by atoms with van der Waals surface area (Å²) in [6.07, 6.45) is 4.75. The lowest BCUT2D eigenvalue weighted by Crippen LogP contribution is -2.38. The maximum Gasteiger partial charge on any atom is 0.223 e. The van der Waals surface area contributed by atoms with Gasteiger partial charge in [0.15, 0.2) is 0 Å². The first kappa shape index (κ1) is 15.0. The molecule has 1 aliphatic carbocycles. The fourth-order valence-electron chi connectivity index (χ4n) is 2.83. The van der Waals surface area contributed by atoms with Gasteiger partial charge in [-0.1, -0.05) is 43.5 Å². The van der Waals surface area contributed by atoms with Crippen molar-refractivity contribution in [3.05, 3.63) is 35.4 Å². The number of carbonyl (C=O) groups is 1. The average molecular weight is 277 g/mol. The number of aliphatic hydroxyl groups excluding tert-OH is 1. The quantitative estimate of drug-likeness (QED) is 0.769. The summed E-state index contributed by atoms with van der Waals surface area (Å²) in [6, 6.07) is 7.48. The first-order valence-corrected chi connectivity index (χ1v) is 7.30. The van der Waals surface area contributed by atoms with E-state index in [0.717, 1.165) is 30.4 Å². The molecule has 1 saturated carbocycles. The molecule has 20 heavy (non-hydrogen) atoms. The van der Waals surface area contributed by atoms with Gasteiger partial charge in [-0.15, -0.1) is 0 Å². The molecular weight excluding hydrogens is 254 g/mol. The number of aliphatic hydroxyl groups is 2. The number of carbonyl (C=O) groups excluding carboxylic acids is 1. The van der Waals surface area contributed by atoms with Gasteiger partial charge in [0.05, 0.1) is 18.6 Å². The maximum atomic E-state index is 12.0. The van der Waals surface area contributed by atoms with Crippen molar-refractivity contribution < 1.29 is 15.0 Å². The summed E-state index contributed by atoms with van der Waals surface area (Å²) < 4.78 is 0. The highest BCUT2D eigenvalue weighted by Gasteiger charge is 2.31. The van der Waals surface area contributed by atoms with Gasteiger partial charge in [-0.05, 0) is 24.0 Å². The minimum Gasteiger partial charge on any atom is -0.392 e. The van der Waals surface area contributed by atoms with E-state index >= 15 is 0 Å². The molecule has 0 aliphatic heterocycles. The smallest absolute Gasteiger partial charge is 0.223 e. The van der Waals surface area contributed by atoms with Crippen molar-refractivity contribution in [2.24, 2.45) is 0 Å². The molecule has 1 aromatic rings. The van der Waals surface area contributed by atoms with Gasteiger partial charge >= 0.3 is 0 Å². The largest absolute Gasteiger partial charge is 0.392 e. The topological polar surface area (TPSA) is 69.6 Å². The summed E-state index contributed by atoms with van der Waals surface area (Å²) in [7, 11) is 0. The van der Waals surface area contributed by atoms with Crippen LogP contribution in [0.25, 0.3) is 0 Å². The normalized spacial score (nSPS) is 17.7. The van der Waals surface area contributed by atoms with Crippen molar-refractivity contribution in [2.75, 3.05) is 0 Å². The fraction of sp³-hybridized carbons (Fsp3) is 0.562. The molecule has 0 bridgehead atoms. The fourth-order valence-corrected chi connectivity index (χ4v) is 2.83. The molecule has 1 amide bonds. The molecule has 4 nitrogen and oxygen atoms in total. The Kier molecular flexibility index (Phi) is 5.15. The number of rotatable bonds is 5. The van der Waals surface area contributed by atoms with Crippen molar-refractivity contribution in [3.8, 4) is 0 Å². The van der Waals surface area contributed by atoms with Crippen molar-refractivity contribution >= 4 is 5.91 Å². The molecule has 0 unspecified atom stereocenters. The summed E-state index contributed by atoms with van der Waals surface area (Å²) in [6.45, 7) is 0.363. The van der Waals surface area contributed by atoms with Gasteiger partial charge in [-0.25, -0.2) is 0 Å². The zero-order chi connectivity index (χ0) is 14.4. The monoisotopic (exact) mass is 277 g/mol. The van der Waals surface area contributed by atoms with Gasteiger partial charge in [0, 0.05) is 6.54 Å². The third-order valence-corrected chi connectivity index (χ3v) is 4.04. The van der Waals surface area contributed by atoms with E-state index in [9.17, 15) is 15.0 Å². The summed E-state index contributed by atoms with van der Waals surface area (Å²) in [4.78, 5) is 12.0. The van der Waals surface area contributed by atoms with Crippen LogP contribution in [0.2, 0.25) is 0 Å². The van der Waals surface area contributed by atoms with E-state index in [1.807, 2.05) is 24.3 Å². The van der Waals surface area contributed by atoms with Crippen LogP contribution < -0.4 is 5.32 Å². The van der Waals surface area contributed by atoms with Gasteiger partial charge in [0.2, 0.25) is 5.91 Å². The molecule has 110 valence electrons. The minimum atomic E-state index is -0.821. The molecule has 0 radical (unpaired) electrons. The number of hydrogen-bond donors (Lipinski definition) is 3. The standard InChI is InChI=1S/C16H23NO3/c18-12-14-7-3-2-6-13(14)11-17-15(19)10-16(20)8-4-1-5-9-16/h2-3,6-7,18,20H,1,4-5,8-12H2,(H,17,19). The Hall–Kier alpha value is -1.39. The summed E-state index contributed by atoms with van der Waals surface area (Å²) in [5, 5.41) is 22.4. The van der Waals surface area contributed by atoms with E-state index in [2.05, 4.69) is 5.32 Å². The third kappa shape index (κ3) is 4.05. The van der Waals surface area contributed by atoms with Crippen LogP contribution in [0.15, 0.2) is 24.3 Å². The zero-order valence-electron chi connectivity index (χ0n) is 11.8. The molecule has 0 aromatic heterocycles. The van der Waals surface area contributed by atoms with E-state index in [1.165, 1.54) is 0 Å². The molecule has 2 rings (SSSR count). The van der Waals surface area contributed by atoms with Crippen LogP contribution in [-0.2, 0) is 17.9 Å². The number of amides is 1. The molecule has 0 saturated heterocycles. The predicted octanol–water partition coefficient (Wildman–Crippen LogP) is 1.88. The lowest BCUT2D eigenvalue weighted by atomic mass is 9.82. The van der Waals surface area contributed by atoms with Crippen molar-refractivity contribution in [1.82, 2.24) is 5.32 Å². The van der Waals surface area contributed by atoms with Crippen LogP contribution >= 0.6 is 0 Å². The second-order valence-corrected chi connectivity index (χ2v) is 5.67. The van der Waals surface area contributed by atoms with Crippen LogP contribution in [-0.4, -0.2) is 21.7 Å². The van der Waals surface area contributed by atoms with Crippen molar-refractivity contribution in [3.63, 3.8) is 0 Å². The Labute approximate surface area is 119 Å². The van der Waals surface area contributed by atoms with E-state index in [-0.39, 0.29) is 18.9 Å². The second kappa shape index (κ2) is 6.86. The molecule has 3 N–H and O–H groups in total. The third-order valence-electron chi connectivity index (χ3n) is 4.04. The van der Waals surface area contributed by atoms with E-state index in [4.69, 9.17) is 0 Å². The highest BCUT2D eigenvalue weighted by atomic mass is 16.3. The maximum absolute atomic E-state index is 12.0. The first-order valence-electron chi connectivity index (χ1n) is 7.30. The van der Waals surface area contributed by atoms with E-state index in [1.54, 1.807) is 0 Å². The molecule has 1 aromatic carbocycles. The molecular formula is C16H23NO3. The van der Waals surface area contributed by atoms with Crippen LogP contribution in [0.1, 0.15) is 49.7 Å². The number of hydrogen-bond acceptors (Lipinski definition) is 3. The Morgan fingerprint density at radius 1 is 1.15 bits per heavy atom. The summed E-state index contributed by atoms with van der Waals surface area (Å²) in [5.74, 6) is -0.123. The average Bonchev–Trinajstić information content (AvgIpc) is 2.45. The van der Waals surface area contributed by atoms with Gasteiger partial charge in [0.25, 0.3) is 0 Å². The first-order chi connectivity index (χ1) is 9.63. The van der Waals surface area contributed by atoms with Crippen LogP contribution in [0.3, 0.4) is 0 Å². The highest BCUT2D eigenvalue weighted by Crippen LogP contribution is 2.30. The molecule has 1 aliphatic rings. The summed E-state index contributed by atoms with van der Waals surface area (Å²) in [5.41, 5.74) is 0.918. The lowest BCUT2D eigenvalue weighted by Gasteiger charge is -2.31. The van der Waals surface area contributed by atoms with Gasteiger partial charge in [0.1, 0.15) is 0 Å². The Balaban J connectivity index is 1.85. The van der Waals surface area contributed by atoms with Gasteiger partial charge in [-0.3, -0.25) is 4.79 Å². The van der Waals surface area contributed by atoms with Crippen molar-refractivity contribution in [2.45, 2.75) is 57.3 Å². The van der Waals surface area contributed by atoms with Crippen LogP contribution in [0.4, 0.5) is 0 Å². The number of nitrogens with one attached hydrogen (secondary N) is 1. The molecule has 0 heterocycles. The second-order valence-electron chi connectivity index (χ2n) is 5.67. The predicted molar refractivity (Wildman–Crippen MR) is 76.9 cm³/mol. The van der Waals surface area contributed by atoms with Gasteiger partial charge < -0.3 is 15.5 Å². The van der Waals surface area contributed by atoms with E-state index in [0.29, 0.717) is 19.4 Å². The summed E-state index contributed by atoms with van der Waals surface area (Å²) >= 11 is 0. The SMILES string of the molecule is O=C(CC1(O)CCCCC1)NCc1ccccc1CO. The highest BCUT2D eigenvalue weighted by molar-refractivity contribution is 5.77. The molecule has 4 heteroatoms. The number of benzene rings is 1. The van der Waals surface area contributed by atoms with Crippen LogP contribution in [0.5, 0.6) is 0 Å². The van der Waals surface area contributed by atoms with Gasteiger partial charge in [-0.2, -0.15) is 0 Å². The molecule has 1 fully saturated rings. The Bertz CT molecular complexity index is 453. The molecule has 0 atom stereocenters. The molecule has 0 spiro atoms. The zero-order valence-corrected chi connectivity index (χ0v) is 11.8. The lowest BCUT2D eigenvalue weighted by molar-refractivity contribution is -0.127.